The molecule has 0 aliphatic rings. The van der Waals surface area contributed by atoms with Crippen molar-refractivity contribution in [2.24, 2.45) is 0 Å². The van der Waals surface area contributed by atoms with Crippen LogP contribution in [0.15, 0.2) is 24.3 Å². The van der Waals surface area contributed by atoms with E-state index in [1.54, 1.807) is 14.2 Å². The molecule has 1 aromatic carbocycles. The molecule has 18 heavy (non-hydrogen) atoms. The molecule has 4 nitrogen and oxygen atoms in total. The molecule has 0 fully saturated rings. The summed E-state index contributed by atoms with van der Waals surface area (Å²) in [5.41, 5.74) is 2.38. The predicted octanol–water partition coefficient (Wildman–Crippen LogP) is -1.71. The predicted molar refractivity (Wildman–Crippen MR) is 65.9 cm³/mol. The molecule has 0 radical (unpaired) electrons. The molecule has 5 heteroatoms. The number of hydrogen-bond acceptors (Lipinski definition) is 2. The molecule has 0 saturated heterocycles. The number of rotatable bonds is 6. The third-order valence-electron chi connectivity index (χ3n) is 2.86. The first kappa shape index (κ1) is 15.0. The Morgan fingerprint density at radius 2 is 1.83 bits per heavy atom. The zero-order chi connectivity index (χ0) is 12.1. The van der Waals surface area contributed by atoms with E-state index in [9.17, 15) is 0 Å². The largest absolute Gasteiger partial charge is 1.00 e. The van der Waals surface area contributed by atoms with E-state index in [1.807, 2.05) is 6.07 Å². The Morgan fingerprint density at radius 1 is 1.11 bits per heavy atom. The molecular formula is C13H19ClN2O2. The zero-order valence-corrected chi connectivity index (χ0v) is 11.5. The zero-order valence-electron chi connectivity index (χ0n) is 10.8. The highest BCUT2D eigenvalue weighted by molar-refractivity contribution is 5.70. The number of benzene rings is 1. The average molecular weight is 271 g/mol. The molecule has 100 valence electrons. The molecule has 0 bridgehead atoms. The Hall–Kier alpha value is -1.10. The quantitative estimate of drug-likeness (QED) is 0.635. The van der Waals surface area contributed by atoms with Crippen LogP contribution >= 0.6 is 0 Å². The lowest BCUT2D eigenvalue weighted by atomic mass is 10.3. The number of H-pyrrole nitrogens is 1. The van der Waals surface area contributed by atoms with E-state index in [4.69, 9.17) is 9.47 Å². The fraction of sp³-hybridized carbons (Fsp3) is 0.462. The Balaban J connectivity index is 0.00000162. The molecule has 0 saturated carbocycles. The summed E-state index contributed by atoms with van der Waals surface area (Å²) in [5.74, 6) is 1.19. The lowest BCUT2D eigenvalue weighted by molar-refractivity contribution is -0.680. The minimum atomic E-state index is 0. The van der Waals surface area contributed by atoms with Crippen molar-refractivity contribution < 1.29 is 26.4 Å². The van der Waals surface area contributed by atoms with Crippen LogP contribution in [0.25, 0.3) is 11.0 Å². The number of aromatic amines is 1. The highest BCUT2D eigenvalue weighted by Gasteiger charge is 2.17. The number of aromatic nitrogens is 2. The topological polar surface area (TPSA) is 38.1 Å². The molecule has 0 atom stereocenters. The van der Waals surface area contributed by atoms with Gasteiger partial charge in [0.05, 0.1) is 19.6 Å². The second kappa shape index (κ2) is 7.36. The van der Waals surface area contributed by atoms with E-state index in [1.165, 1.54) is 11.3 Å². The van der Waals surface area contributed by atoms with E-state index in [0.29, 0.717) is 6.61 Å². The molecule has 0 aliphatic carbocycles. The van der Waals surface area contributed by atoms with Crippen molar-refractivity contribution in [3.63, 3.8) is 0 Å². The second-order valence-electron chi connectivity index (χ2n) is 3.98. The minimum Gasteiger partial charge on any atom is -1.00 e. The van der Waals surface area contributed by atoms with E-state index in [-0.39, 0.29) is 12.4 Å². The van der Waals surface area contributed by atoms with Crippen LogP contribution in [0.2, 0.25) is 0 Å². The van der Waals surface area contributed by atoms with E-state index >= 15 is 0 Å². The van der Waals surface area contributed by atoms with Crippen LogP contribution in [0.3, 0.4) is 0 Å². The normalized spacial score (nSPS) is 10.6. The maximum absolute atomic E-state index is 5.16. The van der Waals surface area contributed by atoms with Crippen molar-refractivity contribution in [2.45, 2.75) is 13.0 Å². The number of nitrogens with one attached hydrogen (secondary N) is 1. The molecule has 0 aliphatic heterocycles. The Kier molecular flexibility index (Phi) is 6.12. The first-order valence-electron chi connectivity index (χ1n) is 5.84. The van der Waals surface area contributed by atoms with Crippen molar-refractivity contribution in [1.82, 2.24) is 4.98 Å². The molecular weight excluding hydrogens is 252 g/mol. The van der Waals surface area contributed by atoms with Crippen LogP contribution < -0.4 is 17.0 Å². The van der Waals surface area contributed by atoms with Gasteiger partial charge in [-0.3, -0.25) is 0 Å². The molecule has 0 amide bonds. The van der Waals surface area contributed by atoms with Gasteiger partial charge in [-0.15, -0.1) is 0 Å². The summed E-state index contributed by atoms with van der Waals surface area (Å²) in [6.07, 6.45) is 0.884. The van der Waals surface area contributed by atoms with Crippen LogP contribution in [-0.4, -0.2) is 32.4 Å². The van der Waals surface area contributed by atoms with Crippen LogP contribution in [0.1, 0.15) is 5.82 Å². The summed E-state index contributed by atoms with van der Waals surface area (Å²) in [5, 5.41) is 0. The lowest BCUT2D eigenvalue weighted by Gasteiger charge is -2.01. The van der Waals surface area contributed by atoms with Crippen LogP contribution in [-0.2, 0) is 22.4 Å². The van der Waals surface area contributed by atoms with Gasteiger partial charge in [-0.05, 0) is 12.1 Å². The van der Waals surface area contributed by atoms with Gasteiger partial charge in [-0.2, -0.15) is 0 Å². The second-order valence-corrected chi connectivity index (χ2v) is 3.98. The van der Waals surface area contributed by atoms with Gasteiger partial charge in [0.2, 0.25) is 0 Å². The maximum Gasteiger partial charge on any atom is 0.257 e. The van der Waals surface area contributed by atoms with Crippen LogP contribution in [0.5, 0.6) is 0 Å². The average Bonchev–Trinajstić information content (AvgIpc) is 2.71. The highest BCUT2D eigenvalue weighted by atomic mass is 35.5. The van der Waals surface area contributed by atoms with E-state index < -0.39 is 0 Å². The SMILES string of the molecule is COCCc1[nH]c2ccccc2[n+]1CCOC.[Cl-]. The number of ether oxygens (including phenoxy) is 2. The number of imidazole rings is 1. The molecule has 1 heterocycles. The van der Waals surface area contributed by atoms with Crippen LogP contribution in [0, 0.1) is 0 Å². The molecule has 2 aromatic rings. The lowest BCUT2D eigenvalue weighted by Crippen LogP contribution is -3.00. The maximum atomic E-state index is 5.16. The summed E-state index contributed by atoms with van der Waals surface area (Å²) in [7, 11) is 3.45. The summed E-state index contributed by atoms with van der Waals surface area (Å²) < 4.78 is 12.6. The van der Waals surface area contributed by atoms with Gasteiger partial charge in [0.1, 0.15) is 6.54 Å². The molecule has 0 unspecified atom stereocenters. The first-order valence-corrected chi connectivity index (χ1v) is 5.84. The highest BCUT2D eigenvalue weighted by Crippen LogP contribution is 2.09. The van der Waals surface area contributed by atoms with Gasteiger partial charge < -0.3 is 21.9 Å². The summed E-state index contributed by atoms with van der Waals surface area (Å²) in [6, 6.07) is 8.31. The van der Waals surface area contributed by atoms with Crippen LogP contribution in [0.4, 0.5) is 0 Å². The number of hydrogen-bond donors (Lipinski definition) is 1. The number of para-hydroxylation sites is 2. The fourth-order valence-corrected chi connectivity index (χ4v) is 2.02. The minimum absolute atomic E-state index is 0. The smallest absolute Gasteiger partial charge is 0.257 e. The van der Waals surface area contributed by atoms with Gasteiger partial charge in [0.15, 0.2) is 11.0 Å². The Labute approximate surface area is 113 Å². The van der Waals surface area contributed by atoms with Gasteiger partial charge >= 0.3 is 0 Å². The van der Waals surface area contributed by atoms with Crippen molar-refractivity contribution in [2.75, 3.05) is 27.4 Å². The van der Waals surface area contributed by atoms with Gasteiger partial charge in [-0.25, -0.2) is 9.55 Å². The molecule has 1 N–H and O–H groups in total. The fourth-order valence-electron chi connectivity index (χ4n) is 2.02. The molecule has 2 rings (SSSR count). The van der Waals surface area contributed by atoms with Crippen molar-refractivity contribution in [3.8, 4) is 0 Å². The van der Waals surface area contributed by atoms with E-state index in [0.717, 1.165) is 25.1 Å². The Morgan fingerprint density at radius 3 is 2.56 bits per heavy atom. The third-order valence-corrected chi connectivity index (χ3v) is 2.86. The van der Waals surface area contributed by atoms with Gasteiger partial charge in [0.25, 0.3) is 5.82 Å². The summed E-state index contributed by atoms with van der Waals surface area (Å²) >= 11 is 0. The molecule has 1 aromatic heterocycles. The monoisotopic (exact) mass is 270 g/mol. The van der Waals surface area contributed by atoms with Crippen molar-refractivity contribution in [3.05, 3.63) is 30.1 Å². The van der Waals surface area contributed by atoms with Gasteiger partial charge in [-0.1, -0.05) is 12.1 Å². The number of halogens is 1. The van der Waals surface area contributed by atoms with Crippen molar-refractivity contribution in [1.29, 1.82) is 0 Å². The summed E-state index contributed by atoms with van der Waals surface area (Å²) in [4.78, 5) is 3.44. The Bertz CT molecular complexity index is 485. The van der Waals surface area contributed by atoms with E-state index in [2.05, 4.69) is 27.8 Å². The van der Waals surface area contributed by atoms with Gasteiger partial charge in [0, 0.05) is 14.2 Å². The standard InChI is InChI=1S/C13H18N2O2.ClH/c1-16-9-7-13-14-11-5-3-4-6-12(11)15(13)8-10-17-2;/h3-6H,7-10H2,1-2H3;1H. The first-order chi connectivity index (χ1) is 8.36. The molecule has 0 spiro atoms. The summed E-state index contributed by atoms with van der Waals surface area (Å²) in [6.45, 7) is 2.30. The third kappa shape index (κ3) is 3.22. The number of nitrogens with zero attached hydrogens (tertiary/aromatic N) is 1. The van der Waals surface area contributed by atoms with Crippen molar-refractivity contribution >= 4 is 11.0 Å². The number of fused-ring (bicyclic) bond motifs is 1. The number of methoxy groups -OCH3 is 2.